The zero-order chi connectivity index (χ0) is 13.1. The Morgan fingerprint density at radius 2 is 2.00 bits per heavy atom. The Bertz CT molecular complexity index is 623. The molecule has 1 aromatic carbocycles. The van der Waals surface area contributed by atoms with Gasteiger partial charge in [-0.2, -0.15) is 5.26 Å². The molecule has 0 fully saturated rings. The maximum absolute atomic E-state index is 8.65. The second-order valence-corrected chi connectivity index (χ2v) is 4.96. The van der Waals surface area contributed by atoms with Crippen molar-refractivity contribution in [3.05, 3.63) is 50.5 Å². The number of hydrogen-bond acceptors (Lipinski definition) is 3. The zero-order valence-corrected chi connectivity index (χ0v) is 11.9. The molecule has 1 heterocycles. The predicted molar refractivity (Wildman–Crippen MR) is 73.2 cm³/mol. The molecule has 0 amide bonds. The van der Waals surface area contributed by atoms with Crippen molar-refractivity contribution in [3.8, 4) is 17.7 Å². The van der Waals surface area contributed by atoms with E-state index in [1.807, 2.05) is 6.07 Å². The number of ether oxygens (including phenoxy) is 1. The van der Waals surface area contributed by atoms with Crippen molar-refractivity contribution in [2.45, 2.75) is 0 Å². The van der Waals surface area contributed by atoms with Crippen LogP contribution in [-0.4, -0.2) is 4.98 Å². The normalized spacial score (nSPS) is 9.89. The highest BCUT2D eigenvalue weighted by Gasteiger charge is 2.08. The van der Waals surface area contributed by atoms with Crippen molar-refractivity contribution in [2.75, 3.05) is 0 Å². The SMILES string of the molecule is N#Cc1ccc(Oc2cc(Cl)c(Br)cc2Cl)nc1. The molecule has 6 heteroatoms. The topological polar surface area (TPSA) is 45.9 Å². The van der Waals surface area contributed by atoms with Gasteiger partial charge in [0.15, 0.2) is 0 Å². The summed E-state index contributed by atoms with van der Waals surface area (Å²) in [6, 6.07) is 8.40. The summed E-state index contributed by atoms with van der Waals surface area (Å²) in [5.74, 6) is 0.747. The second kappa shape index (κ2) is 5.57. The lowest BCUT2D eigenvalue weighted by Crippen LogP contribution is -1.89. The Labute approximate surface area is 122 Å². The molecule has 0 bridgehead atoms. The maximum atomic E-state index is 8.65. The van der Waals surface area contributed by atoms with Crippen molar-refractivity contribution in [1.29, 1.82) is 5.26 Å². The van der Waals surface area contributed by atoms with Crippen LogP contribution in [0.4, 0.5) is 0 Å². The van der Waals surface area contributed by atoms with E-state index in [9.17, 15) is 0 Å². The highest BCUT2D eigenvalue weighted by molar-refractivity contribution is 9.10. The summed E-state index contributed by atoms with van der Waals surface area (Å²) < 4.78 is 6.18. The molecule has 18 heavy (non-hydrogen) atoms. The lowest BCUT2D eigenvalue weighted by Gasteiger charge is -2.07. The maximum Gasteiger partial charge on any atom is 0.219 e. The van der Waals surface area contributed by atoms with Crippen molar-refractivity contribution >= 4 is 39.1 Å². The van der Waals surface area contributed by atoms with Crippen molar-refractivity contribution < 1.29 is 4.74 Å². The average molecular weight is 344 g/mol. The van der Waals surface area contributed by atoms with Gasteiger partial charge in [-0.15, -0.1) is 0 Å². The number of benzene rings is 1. The van der Waals surface area contributed by atoms with Crippen LogP contribution in [0.2, 0.25) is 10.0 Å². The number of hydrogen-bond donors (Lipinski definition) is 0. The molecule has 1 aromatic heterocycles. The summed E-state index contributed by atoms with van der Waals surface area (Å²) in [7, 11) is 0. The van der Waals surface area contributed by atoms with Gasteiger partial charge in [0.25, 0.3) is 0 Å². The molecule has 0 saturated heterocycles. The van der Waals surface area contributed by atoms with E-state index in [0.29, 0.717) is 31.7 Å². The van der Waals surface area contributed by atoms with E-state index < -0.39 is 0 Å². The molecule has 90 valence electrons. The molecule has 0 atom stereocenters. The molecular formula is C12H5BrCl2N2O. The second-order valence-electron chi connectivity index (χ2n) is 3.30. The number of nitrogens with zero attached hydrogens (tertiary/aromatic N) is 2. The molecule has 2 rings (SSSR count). The van der Waals surface area contributed by atoms with Gasteiger partial charge >= 0.3 is 0 Å². The molecule has 0 unspecified atom stereocenters. The number of nitriles is 1. The van der Waals surface area contributed by atoms with Gasteiger partial charge in [-0.05, 0) is 28.1 Å². The van der Waals surface area contributed by atoms with Gasteiger partial charge in [-0.3, -0.25) is 0 Å². The molecule has 0 aliphatic rings. The van der Waals surface area contributed by atoms with Crippen molar-refractivity contribution in [3.63, 3.8) is 0 Å². The van der Waals surface area contributed by atoms with E-state index in [4.69, 9.17) is 33.2 Å². The number of aromatic nitrogens is 1. The number of rotatable bonds is 2. The summed E-state index contributed by atoms with van der Waals surface area (Å²) in [4.78, 5) is 3.98. The van der Waals surface area contributed by atoms with Crippen LogP contribution in [0.1, 0.15) is 5.56 Å². The number of halogens is 3. The fraction of sp³-hybridized carbons (Fsp3) is 0. The Morgan fingerprint density at radius 1 is 1.22 bits per heavy atom. The van der Waals surface area contributed by atoms with Crippen LogP contribution in [-0.2, 0) is 0 Å². The van der Waals surface area contributed by atoms with Gasteiger partial charge in [0, 0.05) is 22.8 Å². The molecule has 0 aliphatic heterocycles. The third kappa shape index (κ3) is 2.94. The van der Waals surface area contributed by atoms with Crippen LogP contribution in [0.25, 0.3) is 0 Å². The third-order valence-electron chi connectivity index (χ3n) is 2.05. The van der Waals surface area contributed by atoms with Crippen LogP contribution in [0.3, 0.4) is 0 Å². The van der Waals surface area contributed by atoms with Crippen molar-refractivity contribution in [2.24, 2.45) is 0 Å². The third-order valence-corrected chi connectivity index (χ3v) is 3.55. The smallest absolute Gasteiger partial charge is 0.219 e. The number of pyridine rings is 1. The zero-order valence-electron chi connectivity index (χ0n) is 8.82. The largest absolute Gasteiger partial charge is 0.437 e. The lowest BCUT2D eigenvalue weighted by atomic mass is 10.3. The molecule has 0 aliphatic carbocycles. The molecule has 0 spiro atoms. The van der Waals surface area contributed by atoms with E-state index in [1.165, 1.54) is 6.20 Å². The van der Waals surface area contributed by atoms with Gasteiger partial charge in [-0.25, -0.2) is 4.98 Å². The van der Waals surface area contributed by atoms with Crippen LogP contribution in [0, 0.1) is 11.3 Å². The van der Waals surface area contributed by atoms with Crippen molar-refractivity contribution in [1.82, 2.24) is 4.98 Å². The highest BCUT2D eigenvalue weighted by atomic mass is 79.9. The summed E-state index contributed by atoms with van der Waals surface area (Å²) >= 11 is 15.2. The van der Waals surface area contributed by atoms with Crippen LogP contribution in [0.5, 0.6) is 11.6 Å². The monoisotopic (exact) mass is 342 g/mol. The first-order chi connectivity index (χ1) is 8.60. The fourth-order valence-electron chi connectivity index (χ4n) is 1.20. The molecular weight excluding hydrogens is 339 g/mol. The summed E-state index contributed by atoms with van der Waals surface area (Å²) in [5.41, 5.74) is 0.460. The molecule has 0 N–H and O–H groups in total. The van der Waals surface area contributed by atoms with E-state index in [1.54, 1.807) is 24.3 Å². The van der Waals surface area contributed by atoms with Gasteiger partial charge < -0.3 is 4.74 Å². The summed E-state index contributed by atoms with van der Waals surface area (Å²) in [5, 5.41) is 9.56. The van der Waals surface area contributed by atoms with E-state index >= 15 is 0 Å². The standard InChI is InChI=1S/C12H5BrCl2N2O/c13-8-3-10(15)11(4-9(8)14)18-12-2-1-7(5-16)6-17-12/h1-4,6H. The van der Waals surface area contributed by atoms with E-state index in [2.05, 4.69) is 20.9 Å². The Balaban J connectivity index is 2.28. The Kier molecular flexibility index (Phi) is 4.07. The Morgan fingerprint density at radius 3 is 2.61 bits per heavy atom. The summed E-state index contributed by atoms with van der Waals surface area (Å²) in [6.45, 7) is 0. The first-order valence-corrected chi connectivity index (χ1v) is 6.33. The van der Waals surface area contributed by atoms with Gasteiger partial charge in [0.2, 0.25) is 5.88 Å². The first-order valence-electron chi connectivity index (χ1n) is 4.78. The first kappa shape index (κ1) is 13.2. The predicted octanol–water partition coefficient (Wildman–Crippen LogP) is 4.81. The lowest BCUT2D eigenvalue weighted by molar-refractivity contribution is 0.463. The Hall–Kier alpha value is -1.28. The minimum absolute atomic E-state index is 0.342. The van der Waals surface area contributed by atoms with Gasteiger partial charge in [-0.1, -0.05) is 23.2 Å². The molecule has 3 nitrogen and oxygen atoms in total. The quantitative estimate of drug-likeness (QED) is 0.734. The molecule has 0 radical (unpaired) electrons. The van der Waals surface area contributed by atoms with E-state index in [-0.39, 0.29) is 0 Å². The molecule has 0 saturated carbocycles. The minimum Gasteiger partial charge on any atom is -0.437 e. The van der Waals surface area contributed by atoms with Gasteiger partial charge in [0.05, 0.1) is 15.6 Å². The fourth-order valence-corrected chi connectivity index (χ4v) is 2.03. The van der Waals surface area contributed by atoms with Crippen LogP contribution < -0.4 is 4.74 Å². The highest BCUT2D eigenvalue weighted by Crippen LogP contribution is 2.35. The average Bonchev–Trinajstić information content (AvgIpc) is 2.37. The van der Waals surface area contributed by atoms with Crippen LogP contribution in [0.15, 0.2) is 34.9 Å². The van der Waals surface area contributed by atoms with E-state index in [0.717, 1.165) is 0 Å². The van der Waals surface area contributed by atoms with Gasteiger partial charge in [0.1, 0.15) is 11.8 Å². The minimum atomic E-state index is 0.342. The van der Waals surface area contributed by atoms with Crippen LogP contribution >= 0.6 is 39.1 Å². The molecule has 2 aromatic rings. The summed E-state index contributed by atoms with van der Waals surface area (Å²) in [6.07, 6.45) is 1.42.